The Bertz CT molecular complexity index is 1030. The Morgan fingerprint density at radius 1 is 0.875 bits per heavy atom. The van der Waals surface area contributed by atoms with E-state index < -0.39 is 10.1 Å². The maximum atomic E-state index is 10.6. The Kier molecular flexibility index (Phi) is 12.1. The van der Waals surface area contributed by atoms with Crippen LogP contribution in [-0.4, -0.2) is 35.6 Å². The molecule has 1 aliphatic rings. The quantitative estimate of drug-likeness (QED) is 0.176. The van der Waals surface area contributed by atoms with Crippen LogP contribution in [0.25, 0.3) is 10.8 Å². The van der Waals surface area contributed by atoms with Crippen LogP contribution < -0.4 is 46.5 Å². The van der Waals surface area contributed by atoms with E-state index in [-0.39, 0.29) is 57.7 Å². The second-order valence-electron chi connectivity index (χ2n) is 9.13. The first-order chi connectivity index (χ1) is 14.2. The summed E-state index contributed by atoms with van der Waals surface area (Å²) in [6, 6.07) is 13.2. The van der Waals surface area contributed by atoms with Crippen molar-refractivity contribution in [3.8, 4) is 0 Å². The topological polar surface area (TPSA) is 60.2 Å². The van der Waals surface area contributed by atoms with E-state index in [2.05, 4.69) is 61.7 Å². The molecule has 0 amide bonds. The van der Waals surface area contributed by atoms with E-state index >= 15 is 0 Å². The van der Waals surface area contributed by atoms with Gasteiger partial charge in [0.1, 0.15) is 6.54 Å². The Morgan fingerprint density at radius 3 is 2.06 bits per heavy atom. The summed E-state index contributed by atoms with van der Waals surface area (Å²) in [5, 5.41) is 2.68. The summed E-state index contributed by atoms with van der Waals surface area (Å²) in [4.78, 5) is 0. The van der Waals surface area contributed by atoms with Crippen molar-refractivity contribution in [1.29, 1.82) is 0 Å². The van der Waals surface area contributed by atoms with Crippen molar-refractivity contribution < 1.29 is 64.1 Å². The van der Waals surface area contributed by atoms with Gasteiger partial charge in [-0.15, -0.1) is 0 Å². The van der Waals surface area contributed by atoms with Crippen molar-refractivity contribution >= 4 is 32.3 Å². The molecule has 0 saturated heterocycles. The smallest absolute Gasteiger partial charge is 1.00 e. The van der Waals surface area contributed by atoms with Gasteiger partial charge in [0.2, 0.25) is 5.69 Å². The van der Waals surface area contributed by atoms with Gasteiger partial charge in [0.15, 0.2) is 5.71 Å². The molecular weight excluding hydrogens is 497 g/mol. The molecule has 2 aromatic carbocycles. The Morgan fingerprint density at radius 2 is 1.44 bits per heavy atom. The molecule has 0 saturated carbocycles. The van der Waals surface area contributed by atoms with E-state index in [9.17, 15) is 13.0 Å². The molecule has 172 valence electrons. The summed E-state index contributed by atoms with van der Waals surface area (Å²) < 4.78 is 34.3. The second-order valence-corrected chi connectivity index (χ2v) is 10.7. The second kappa shape index (κ2) is 13.0. The van der Waals surface area contributed by atoms with Crippen LogP contribution in [0.2, 0.25) is 0 Å². The third-order valence-corrected chi connectivity index (χ3v) is 7.45. The SMILES string of the molecule is CC1=[N+](CCCCCCCCCCS(=O)(=O)[O-])c2ccc3ccccc3c2C1(C)C.[Br-].[Na+]. The van der Waals surface area contributed by atoms with Crippen LogP contribution in [0.4, 0.5) is 5.69 Å². The third kappa shape index (κ3) is 7.38. The molecule has 0 spiro atoms. The summed E-state index contributed by atoms with van der Waals surface area (Å²) in [5.74, 6) is -0.216. The molecule has 0 atom stereocenters. The van der Waals surface area contributed by atoms with E-state index in [4.69, 9.17) is 0 Å². The van der Waals surface area contributed by atoms with E-state index in [0.29, 0.717) is 6.42 Å². The van der Waals surface area contributed by atoms with Gasteiger partial charge in [-0.2, -0.15) is 4.58 Å². The van der Waals surface area contributed by atoms with E-state index in [1.807, 2.05) is 0 Å². The predicted octanol–water partition coefficient (Wildman–Crippen LogP) is -0.0901. The van der Waals surface area contributed by atoms with Crippen LogP contribution >= 0.6 is 0 Å². The van der Waals surface area contributed by atoms with Gasteiger partial charge >= 0.3 is 29.6 Å². The fraction of sp³-hybridized carbons (Fsp3) is 0.560. The van der Waals surface area contributed by atoms with E-state index in [1.54, 1.807) is 0 Å². The minimum Gasteiger partial charge on any atom is -1.00 e. The molecular formula is C25H35BrNNaO3S. The van der Waals surface area contributed by atoms with Crippen molar-refractivity contribution in [3.05, 3.63) is 42.0 Å². The molecule has 0 aromatic heterocycles. The molecule has 1 aliphatic heterocycles. The van der Waals surface area contributed by atoms with Crippen LogP contribution in [0.15, 0.2) is 36.4 Å². The molecule has 1 heterocycles. The van der Waals surface area contributed by atoms with Crippen LogP contribution in [0.5, 0.6) is 0 Å². The minimum atomic E-state index is -4.04. The Balaban J connectivity index is 0.00000256. The molecule has 0 aliphatic carbocycles. The largest absolute Gasteiger partial charge is 1.00 e. The summed E-state index contributed by atoms with van der Waals surface area (Å²) in [7, 11) is -4.04. The van der Waals surface area contributed by atoms with E-state index in [1.165, 1.54) is 53.4 Å². The minimum absolute atomic E-state index is 0. The van der Waals surface area contributed by atoms with Crippen molar-refractivity contribution in [2.24, 2.45) is 0 Å². The standard InChI is InChI=1S/C25H35NO3S.BrH.Na/c1-20-25(2,3)24-22-15-11-10-14-21(22)16-17-23(24)26(20)18-12-8-6-4-5-7-9-13-19-30(27,28)29;;/h10-11,14-17H,4-9,12-13,18-19H2,1-3H3;1H;/q;;+1/p-1. The monoisotopic (exact) mass is 531 g/mol. The molecule has 3 rings (SSSR count). The van der Waals surface area contributed by atoms with Gasteiger partial charge in [0.05, 0.1) is 15.5 Å². The van der Waals surface area contributed by atoms with Gasteiger partial charge in [-0.05, 0) is 43.5 Å². The zero-order valence-electron chi connectivity index (χ0n) is 20.0. The zero-order valence-corrected chi connectivity index (χ0v) is 24.4. The number of hydrogen-bond donors (Lipinski definition) is 0. The van der Waals surface area contributed by atoms with Gasteiger partial charge in [-0.1, -0.05) is 56.4 Å². The van der Waals surface area contributed by atoms with Crippen molar-refractivity contribution in [2.75, 3.05) is 12.3 Å². The molecule has 0 N–H and O–H groups in total. The zero-order chi connectivity index (χ0) is 21.8. The molecule has 4 nitrogen and oxygen atoms in total. The summed E-state index contributed by atoms with van der Waals surface area (Å²) in [6.07, 6.45) is 8.25. The molecule has 0 fully saturated rings. The normalized spacial score (nSPS) is 14.8. The van der Waals surface area contributed by atoms with E-state index in [0.717, 1.165) is 25.8 Å². The summed E-state index contributed by atoms with van der Waals surface area (Å²) in [5.41, 5.74) is 4.30. The maximum Gasteiger partial charge on any atom is 1.00 e. The maximum absolute atomic E-state index is 10.6. The van der Waals surface area contributed by atoms with Crippen LogP contribution in [0.3, 0.4) is 0 Å². The number of hydrogen-bond acceptors (Lipinski definition) is 3. The van der Waals surface area contributed by atoms with Gasteiger partial charge in [0.25, 0.3) is 0 Å². The third-order valence-electron chi connectivity index (χ3n) is 6.66. The molecule has 0 radical (unpaired) electrons. The first-order valence-electron chi connectivity index (χ1n) is 11.3. The number of benzene rings is 2. The number of halogens is 1. The first kappa shape index (κ1) is 29.8. The molecule has 2 aromatic rings. The number of nitrogens with zero attached hydrogens (tertiary/aromatic N) is 1. The first-order valence-corrected chi connectivity index (χ1v) is 12.9. The average Bonchev–Trinajstić information content (AvgIpc) is 2.89. The fourth-order valence-corrected chi connectivity index (χ4v) is 5.30. The number of fused-ring (bicyclic) bond motifs is 3. The summed E-state index contributed by atoms with van der Waals surface area (Å²) in [6.45, 7) is 8.01. The number of unbranched alkanes of at least 4 members (excludes halogenated alkanes) is 7. The Labute approximate surface area is 226 Å². The van der Waals surface area contributed by atoms with Crippen molar-refractivity contribution in [3.63, 3.8) is 0 Å². The van der Waals surface area contributed by atoms with Gasteiger partial charge in [-0.3, -0.25) is 0 Å². The van der Waals surface area contributed by atoms with Gasteiger partial charge in [-0.25, -0.2) is 8.42 Å². The fourth-order valence-electron chi connectivity index (χ4n) is 4.74. The van der Waals surface area contributed by atoms with Crippen molar-refractivity contribution in [2.45, 2.75) is 77.6 Å². The molecule has 32 heavy (non-hydrogen) atoms. The van der Waals surface area contributed by atoms with Crippen molar-refractivity contribution in [1.82, 2.24) is 0 Å². The predicted molar refractivity (Wildman–Crippen MR) is 124 cm³/mol. The van der Waals surface area contributed by atoms with Gasteiger partial charge in [0, 0.05) is 30.7 Å². The molecule has 0 bridgehead atoms. The Hall–Kier alpha value is -0.240. The van der Waals surface area contributed by atoms with Crippen LogP contribution in [-0.2, 0) is 15.5 Å². The summed E-state index contributed by atoms with van der Waals surface area (Å²) >= 11 is 0. The van der Waals surface area contributed by atoms with Crippen LogP contribution in [0.1, 0.15) is 77.7 Å². The average molecular weight is 533 g/mol. The van der Waals surface area contributed by atoms with Crippen LogP contribution in [0, 0.1) is 0 Å². The molecule has 7 heteroatoms. The molecule has 0 unspecified atom stereocenters. The number of rotatable bonds is 11. The van der Waals surface area contributed by atoms with Gasteiger partial charge < -0.3 is 21.5 Å².